The Hall–Kier alpha value is -2.78. The Bertz CT molecular complexity index is 872. The molecule has 3 rings (SSSR count). The van der Waals surface area contributed by atoms with Crippen LogP contribution in [0.1, 0.15) is 32.6 Å². The van der Waals surface area contributed by atoms with Crippen molar-refractivity contribution in [2.45, 2.75) is 18.7 Å². The summed E-state index contributed by atoms with van der Waals surface area (Å²) in [4.78, 5) is 25.4. The monoisotopic (exact) mass is 366 g/mol. The van der Waals surface area contributed by atoms with Crippen molar-refractivity contribution in [3.05, 3.63) is 70.3 Å². The first-order chi connectivity index (χ1) is 12.6. The Labute approximate surface area is 156 Å². The first-order valence-corrected chi connectivity index (χ1v) is 9.42. The lowest BCUT2D eigenvalue weighted by molar-refractivity contribution is -0.129. The minimum atomic E-state index is -0.950. The predicted octanol–water partition coefficient (Wildman–Crippen LogP) is 3.07. The SMILES string of the molecule is N#Cc1ccc(CSCC(=O)N2CCc3ccc(C(=O)O)cc3C2)cc1. The van der Waals surface area contributed by atoms with Crippen molar-refractivity contribution in [3.8, 4) is 6.07 Å². The van der Waals surface area contributed by atoms with Gasteiger partial charge in [0.15, 0.2) is 0 Å². The fourth-order valence-corrected chi connectivity index (χ4v) is 3.81. The van der Waals surface area contributed by atoms with Gasteiger partial charge in [-0.2, -0.15) is 5.26 Å². The Morgan fingerprint density at radius 2 is 1.92 bits per heavy atom. The molecule has 1 heterocycles. The first-order valence-electron chi connectivity index (χ1n) is 8.26. The smallest absolute Gasteiger partial charge is 0.335 e. The first kappa shape index (κ1) is 18.0. The molecule has 0 bridgehead atoms. The molecule has 0 spiro atoms. The van der Waals surface area contributed by atoms with Crippen LogP contribution in [0.2, 0.25) is 0 Å². The summed E-state index contributed by atoms with van der Waals surface area (Å²) in [6, 6.07) is 14.6. The van der Waals surface area contributed by atoms with Gasteiger partial charge in [-0.1, -0.05) is 18.2 Å². The zero-order valence-electron chi connectivity index (χ0n) is 14.1. The highest BCUT2D eigenvalue weighted by Gasteiger charge is 2.21. The van der Waals surface area contributed by atoms with Crippen LogP contribution in [0.4, 0.5) is 0 Å². The Balaban J connectivity index is 1.54. The van der Waals surface area contributed by atoms with Gasteiger partial charge in [-0.05, 0) is 47.4 Å². The molecule has 26 heavy (non-hydrogen) atoms. The molecule has 0 atom stereocenters. The molecule has 0 aromatic heterocycles. The molecule has 0 unspecified atom stereocenters. The van der Waals surface area contributed by atoms with Crippen LogP contribution in [-0.2, 0) is 23.5 Å². The number of hydrogen-bond donors (Lipinski definition) is 1. The van der Waals surface area contributed by atoms with E-state index in [1.165, 1.54) is 0 Å². The number of carboxylic acid groups (broad SMARTS) is 1. The van der Waals surface area contributed by atoms with Gasteiger partial charge in [0.1, 0.15) is 0 Å². The van der Waals surface area contributed by atoms with Gasteiger partial charge >= 0.3 is 5.97 Å². The maximum atomic E-state index is 12.5. The molecule has 0 fully saturated rings. The third kappa shape index (κ3) is 4.24. The third-order valence-corrected chi connectivity index (χ3v) is 5.38. The molecular formula is C20H18N2O3S. The van der Waals surface area contributed by atoms with Crippen LogP contribution < -0.4 is 0 Å². The summed E-state index contributed by atoms with van der Waals surface area (Å²) >= 11 is 1.54. The minimum absolute atomic E-state index is 0.0648. The van der Waals surface area contributed by atoms with Crippen LogP contribution in [0.5, 0.6) is 0 Å². The van der Waals surface area contributed by atoms with Gasteiger partial charge in [0.05, 0.1) is 22.9 Å². The van der Waals surface area contributed by atoms with Gasteiger partial charge in [0.2, 0.25) is 5.91 Å². The van der Waals surface area contributed by atoms with E-state index in [1.54, 1.807) is 40.9 Å². The Morgan fingerprint density at radius 1 is 1.15 bits per heavy atom. The number of rotatable bonds is 5. The molecule has 5 nitrogen and oxygen atoms in total. The van der Waals surface area contributed by atoms with Crippen LogP contribution in [0.3, 0.4) is 0 Å². The average molecular weight is 366 g/mol. The maximum Gasteiger partial charge on any atom is 0.335 e. The second kappa shape index (κ2) is 8.07. The number of aromatic carboxylic acids is 1. The number of hydrogen-bond acceptors (Lipinski definition) is 4. The van der Waals surface area contributed by atoms with Crippen molar-refractivity contribution in [2.75, 3.05) is 12.3 Å². The molecular weight excluding hydrogens is 348 g/mol. The molecule has 6 heteroatoms. The number of carboxylic acids is 1. The number of nitriles is 1. The maximum absolute atomic E-state index is 12.5. The van der Waals surface area contributed by atoms with Crippen molar-refractivity contribution >= 4 is 23.6 Å². The second-order valence-corrected chi connectivity index (χ2v) is 7.14. The van der Waals surface area contributed by atoms with Crippen LogP contribution in [0.15, 0.2) is 42.5 Å². The zero-order valence-corrected chi connectivity index (χ0v) is 15.0. The molecule has 1 aliphatic rings. The molecule has 0 aliphatic carbocycles. The summed E-state index contributed by atoms with van der Waals surface area (Å²) in [7, 11) is 0. The van der Waals surface area contributed by atoms with E-state index in [-0.39, 0.29) is 11.5 Å². The number of amides is 1. The van der Waals surface area contributed by atoms with E-state index >= 15 is 0 Å². The predicted molar refractivity (Wildman–Crippen MR) is 99.8 cm³/mol. The number of fused-ring (bicyclic) bond motifs is 1. The average Bonchev–Trinajstić information content (AvgIpc) is 2.67. The molecule has 1 N–H and O–H groups in total. The zero-order chi connectivity index (χ0) is 18.5. The van der Waals surface area contributed by atoms with Crippen LogP contribution in [-0.4, -0.2) is 34.2 Å². The molecule has 132 valence electrons. The van der Waals surface area contributed by atoms with E-state index in [1.807, 2.05) is 18.2 Å². The van der Waals surface area contributed by atoms with E-state index in [0.717, 1.165) is 23.1 Å². The van der Waals surface area contributed by atoms with E-state index in [0.29, 0.717) is 30.2 Å². The number of thioether (sulfide) groups is 1. The van der Waals surface area contributed by atoms with E-state index in [2.05, 4.69) is 6.07 Å². The fourth-order valence-electron chi connectivity index (χ4n) is 2.93. The van der Waals surface area contributed by atoms with Gasteiger partial charge in [-0.3, -0.25) is 4.79 Å². The topological polar surface area (TPSA) is 81.4 Å². The lowest BCUT2D eigenvalue weighted by atomic mass is 9.97. The van der Waals surface area contributed by atoms with Crippen molar-refractivity contribution in [2.24, 2.45) is 0 Å². The fraction of sp³-hybridized carbons (Fsp3) is 0.250. The van der Waals surface area contributed by atoms with Gasteiger partial charge in [-0.15, -0.1) is 11.8 Å². The second-order valence-electron chi connectivity index (χ2n) is 6.16. The number of benzene rings is 2. The third-order valence-electron chi connectivity index (χ3n) is 4.40. The highest BCUT2D eigenvalue weighted by atomic mass is 32.2. The summed E-state index contributed by atoms with van der Waals surface area (Å²) in [5.74, 6) is 0.211. The summed E-state index contributed by atoms with van der Waals surface area (Å²) in [6.45, 7) is 1.13. The molecule has 0 radical (unpaired) electrons. The van der Waals surface area contributed by atoms with Gasteiger partial charge in [0, 0.05) is 18.8 Å². The largest absolute Gasteiger partial charge is 0.478 e. The van der Waals surface area contributed by atoms with Gasteiger partial charge < -0.3 is 10.0 Å². The Morgan fingerprint density at radius 3 is 2.62 bits per heavy atom. The molecule has 2 aromatic carbocycles. The van der Waals surface area contributed by atoms with Gasteiger partial charge in [-0.25, -0.2) is 4.79 Å². The molecule has 0 saturated heterocycles. The van der Waals surface area contributed by atoms with Crippen molar-refractivity contribution in [1.82, 2.24) is 4.90 Å². The summed E-state index contributed by atoms with van der Waals surface area (Å²) in [5.41, 5.74) is 4.00. The summed E-state index contributed by atoms with van der Waals surface area (Å²) < 4.78 is 0. The van der Waals surface area contributed by atoms with Crippen LogP contribution in [0, 0.1) is 11.3 Å². The van der Waals surface area contributed by atoms with E-state index in [9.17, 15) is 9.59 Å². The van der Waals surface area contributed by atoms with Gasteiger partial charge in [0.25, 0.3) is 0 Å². The van der Waals surface area contributed by atoms with Crippen molar-refractivity contribution < 1.29 is 14.7 Å². The lowest BCUT2D eigenvalue weighted by Crippen LogP contribution is -2.37. The highest BCUT2D eigenvalue weighted by Crippen LogP contribution is 2.22. The summed E-state index contributed by atoms with van der Waals surface area (Å²) in [6.07, 6.45) is 0.751. The number of nitrogens with zero attached hydrogens (tertiary/aromatic N) is 2. The van der Waals surface area contributed by atoms with Crippen LogP contribution in [0.25, 0.3) is 0 Å². The van der Waals surface area contributed by atoms with Crippen LogP contribution >= 0.6 is 11.8 Å². The van der Waals surface area contributed by atoms with E-state index in [4.69, 9.17) is 10.4 Å². The van der Waals surface area contributed by atoms with E-state index < -0.39 is 5.97 Å². The molecule has 1 amide bonds. The summed E-state index contributed by atoms with van der Waals surface area (Å²) in [5, 5.41) is 17.9. The number of carbonyl (C=O) groups is 2. The van der Waals surface area contributed by atoms with Crippen molar-refractivity contribution in [3.63, 3.8) is 0 Å². The minimum Gasteiger partial charge on any atom is -0.478 e. The van der Waals surface area contributed by atoms with Crippen molar-refractivity contribution in [1.29, 1.82) is 5.26 Å². The quantitative estimate of drug-likeness (QED) is 0.879. The highest BCUT2D eigenvalue weighted by molar-refractivity contribution is 7.99. The Kier molecular flexibility index (Phi) is 5.59. The molecule has 0 saturated carbocycles. The molecule has 2 aromatic rings. The lowest BCUT2D eigenvalue weighted by Gasteiger charge is -2.29. The normalized spacial score (nSPS) is 13.0. The number of carbonyl (C=O) groups excluding carboxylic acids is 1. The molecule has 1 aliphatic heterocycles. The standard InChI is InChI=1S/C20H18N2O3S/c21-10-14-1-3-15(4-2-14)12-26-13-19(23)22-8-7-16-5-6-17(20(24)25)9-18(16)11-22/h1-6,9H,7-8,11-13H2,(H,24,25).